The number of allylic oxidation sites excluding steroid dienone is 2. The van der Waals surface area contributed by atoms with E-state index in [0.29, 0.717) is 0 Å². The summed E-state index contributed by atoms with van der Waals surface area (Å²) in [5.41, 5.74) is 1.06. The molecule has 0 N–H and O–H groups in total. The molecule has 0 aromatic heterocycles. The maximum Gasteiger partial charge on any atom is 0.320 e. The molecular weight excluding hydrogens is 252 g/mol. The first kappa shape index (κ1) is 14.5. The molecule has 3 atom stereocenters. The Labute approximate surface area is 119 Å². The van der Waals surface area contributed by atoms with Gasteiger partial charge in [0.25, 0.3) is 0 Å². The van der Waals surface area contributed by atoms with Crippen LogP contribution in [0.2, 0.25) is 0 Å². The molecule has 2 rings (SSSR count). The van der Waals surface area contributed by atoms with Gasteiger partial charge in [-0.15, -0.1) is 0 Å². The van der Waals surface area contributed by atoms with E-state index in [9.17, 15) is 9.59 Å². The molecule has 1 aromatic carbocycles. The van der Waals surface area contributed by atoms with Gasteiger partial charge < -0.3 is 4.74 Å². The van der Waals surface area contributed by atoms with Crippen molar-refractivity contribution in [3.8, 4) is 0 Å². The number of esters is 1. The number of hydrogen-bond donors (Lipinski definition) is 0. The predicted octanol–water partition coefficient (Wildman–Crippen LogP) is 3.11. The second-order valence-corrected chi connectivity index (χ2v) is 5.57. The molecule has 0 spiro atoms. The molecule has 3 nitrogen and oxygen atoms in total. The van der Waals surface area contributed by atoms with Crippen LogP contribution in [0.4, 0.5) is 0 Å². The smallest absolute Gasteiger partial charge is 0.320 e. The molecule has 0 radical (unpaired) electrons. The molecule has 3 heteroatoms. The lowest BCUT2D eigenvalue weighted by Crippen LogP contribution is -2.28. The third-order valence-corrected chi connectivity index (χ3v) is 4.04. The third-order valence-electron chi connectivity index (χ3n) is 4.04. The van der Waals surface area contributed by atoms with Crippen molar-refractivity contribution in [2.24, 2.45) is 11.3 Å². The molecular formula is C17H20O3. The first-order chi connectivity index (χ1) is 9.46. The lowest BCUT2D eigenvalue weighted by Gasteiger charge is -2.11. The van der Waals surface area contributed by atoms with E-state index in [0.717, 1.165) is 11.1 Å². The van der Waals surface area contributed by atoms with Crippen molar-refractivity contribution in [3.63, 3.8) is 0 Å². The molecule has 0 amide bonds. The Hall–Kier alpha value is -1.90. The fourth-order valence-electron chi connectivity index (χ4n) is 3.16. The van der Waals surface area contributed by atoms with Gasteiger partial charge in [0.1, 0.15) is 11.2 Å². The fraction of sp³-hybridized carbons (Fsp3) is 0.412. The van der Waals surface area contributed by atoms with Crippen LogP contribution in [0.1, 0.15) is 32.3 Å². The monoisotopic (exact) mass is 272 g/mol. The summed E-state index contributed by atoms with van der Waals surface area (Å²) in [6, 6.07) is 9.70. The van der Waals surface area contributed by atoms with Crippen molar-refractivity contribution < 1.29 is 14.3 Å². The van der Waals surface area contributed by atoms with Crippen LogP contribution in [0.25, 0.3) is 0 Å². The molecule has 1 saturated carbocycles. The van der Waals surface area contributed by atoms with Gasteiger partial charge in [0.05, 0.1) is 7.11 Å². The van der Waals surface area contributed by atoms with Crippen LogP contribution in [0, 0.1) is 11.3 Å². The number of ether oxygens (including phenoxy) is 1. The quantitative estimate of drug-likeness (QED) is 0.480. The number of hydrogen-bond acceptors (Lipinski definition) is 3. The largest absolute Gasteiger partial charge is 0.468 e. The summed E-state index contributed by atoms with van der Waals surface area (Å²) in [6.45, 7) is 5.43. The second kappa shape index (κ2) is 5.23. The minimum absolute atomic E-state index is 0.111. The Morgan fingerprint density at radius 2 is 1.75 bits per heavy atom. The van der Waals surface area contributed by atoms with Crippen molar-refractivity contribution in [2.45, 2.75) is 26.7 Å². The summed E-state index contributed by atoms with van der Waals surface area (Å²) >= 11 is 0. The van der Waals surface area contributed by atoms with Crippen LogP contribution in [0.3, 0.4) is 0 Å². The highest BCUT2D eigenvalue weighted by Gasteiger charge is 2.72. The predicted molar refractivity (Wildman–Crippen MR) is 77.2 cm³/mol. The molecule has 0 saturated heterocycles. The summed E-state index contributed by atoms with van der Waals surface area (Å²) in [7, 11) is 1.34. The number of methoxy groups -OCH3 is 1. The topological polar surface area (TPSA) is 43.4 Å². The minimum atomic E-state index is -1.05. The van der Waals surface area contributed by atoms with Gasteiger partial charge in [-0.3, -0.25) is 9.59 Å². The SMILES string of the molecule is COC(=O)C1(C(C)=O)C(C=C(C)C)C1c1ccccc1. The number of benzene rings is 1. The lowest BCUT2D eigenvalue weighted by atomic mass is 9.94. The van der Waals surface area contributed by atoms with Crippen LogP contribution in [-0.2, 0) is 14.3 Å². The molecule has 1 aliphatic rings. The number of carbonyl (C=O) groups excluding carboxylic acids is 2. The molecule has 0 aliphatic heterocycles. The van der Waals surface area contributed by atoms with Gasteiger partial charge in [0, 0.05) is 11.8 Å². The van der Waals surface area contributed by atoms with Crippen LogP contribution in [-0.4, -0.2) is 18.9 Å². The van der Waals surface area contributed by atoms with Crippen molar-refractivity contribution >= 4 is 11.8 Å². The molecule has 20 heavy (non-hydrogen) atoms. The second-order valence-electron chi connectivity index (χ2n) is 5.57. The Balaban J connectivity index is 2.51. The third kappa shape index (κ3) is 2.07. The number of carbonyl (C=O) groups is 2. The zero-order valence-corrected chi connectivity index (χ0v) is 12.3. The van der Waals surface area contributed by atoms with Crippen molar-refractivity contribution in [1.82, 2.24) is 0 Å². The van der Waals surface area contributed by atoms with E-state index < -0.39 is 11.4 Å². The Kier molecular flexibility index (Phi) is 3.80. The molecule has 1 aliphatic carbocycles. The Morgan fingerprint density at radius 3 is 2.20 bits per heavy atom. The van der Waals surface area contributed by atoms with E-state index in [4.69, 9.17) is 4.74 Å². The van der Waals surface area contributed by atoms with E-state index in [1.54, 1.807) is 0 Å². The van der Waals surface area contributed by atoms with E-state index in [-0.39, 0.29) is 17.6 Å². The first-order valence-electron chi connectivity index (χ1n) is 6.75. The van der Waals surface area contributed by atoms with Gasteiger partial charge >= 0.3 is 5.97 Å². The summed E-state index contributed by atoms with van der Waals surface area (Å²) in [4.78, 5) is 24.4. The highest BCUT2D eigenvalue weighted by Crippen LogP contribution is 2.66. The highest BCUT2D eigenvalue weighted by atomic mass is 16.5. The van der Waals surface area contributed by atoms with Crippen LogP contribution < -0.4 is 0 Å². The van der Waals surface area contributed by atoms with Crippen molar-refractivity contribution in [2.75, 3.05) is 7.11 Å². The fourth-order valence-corrected chi connectivity index (χ4v) is 3.16. The molecule has 0 heterocycles. The van der Waals surface area contributed by atoms with Gasteiger partial charge in [0.2, 0.25) is 0 Å². The Morgan fingerprint density at radius 1 is 1.15 bits per heavy atom. The summed E-state index contributed by atoms with van der Waals surface area (Å²) in [5, 5.41) is 0. The molecule has 106 valence electrons. The molecule has 1 fully saturated rings. The molecule has 1 aromatic rings. The Bertz CT molecular complexity index is 555. The maximum atomic E-state index is 12.2. The van der Waals surface area contributed by atoms with E-state index in [1.807, 2.05) is 50.3 Å². The lowest BCUT2D eigenvalue weighted by molar-refractivity contribution is -0.151. The summed E-state index contributed by atoms with van der Waals surface area (Å²) < 4.78 is 4.91. The van der Waals surface area contributed by atoms with Crippen molar-refractivity contribution in [3.05, 3.63) is 47.5 Å². The van der Waals surface area contributed by atoms with Crippen molar-refractivity contribution in [1.29, 1.82) is 0 Å². The van der Waals surface area contributed by atoms with Crippen LogP contribution in [0.5, 0.6) is 0 Å². The zero-order valence-electron chi connectivity index (χ0n) is 12.3. The summed E-state index contributed by atoms with van der Waals surface area (Å²) in [5.74, 6) is -0.787. The number of ketones is 1. The highest BCUT2D eigenvalue weighted by molar-refractivity contribution is 6.08. The average Bonchev–Trinajstić information content (AvgIpc) is 3.07. The van der Waals surface area contributed by atoms with Gasteiger partial charge in [0.15, 0.2) is 0 Å². The van der Waals surface area contributed by atoms with Gasteiger partial charge in [-0.2, -0.15) is 0 Å². The van der Waals surface area contributed by atoms with E-state index >= 15 is 0 Å². The maximum absolute atomic E-state index is 12.2. The standard InChI is InChI=1S/C17H20O3/c1-11(2)10-14-15(13-8-6-5-7-9-13)17(14,12(3)18)16(19)20-4/h5-10,14-15H,1-4H3. The average molecular weight is 272 g/mol. The number of rotatable bonds is 4. The minimum Gasteiger partial charge on any atom is -0.468 e. The molecule has 0 bridgehead atoms. The van der Waals surface area contributed by atoms with Gasteiger partial charge in [-0.1, -0.05) is 42.0 Å². The van der Waals surface area contributed by atoms with Gasteiger partial charge in [-0.05, 0) is 26.3 Å². The van der Waals surface area contributed by atoms with E-state index in [1.165, 1.54) is 14.0 Å². The first-order valence-corrected chi connectivity index (χ1v) is 6.75. The zero-order chi connectivity index (χ0) is 14.9. The van der Waals surface area contributed by atoms with Gasteiger partial charge in [-0.25, -0.2) is 0 Å². The summed E-state index contributed by atoms with van der Waals surface area (Å²) in [6.07, 6.45) is 2.01. The van der Waals surface area contributed by atoms with Crippen LogP contribution in [0.15, 0.2) is 42.0 Å². The molecule has 3 unspecified atom stereocenters. The van der Waals surface area contributed by atoms with Crippen LogP contribution >= 0.6 is 0 Å². The van der Waals surface area contributed by atoms with E-state index in [2.05, 4.69) is 0 Å². The normalized spacial score (nSPS) is 27.6. The number of Topliss-reactive ketones (excluding diaryl/α,β-unsaturated/α-hetero) is 1.